The molecule has 9 nitrogen and oxygen atoms in total. The van der Waals surface area contributed by atoms with Gasteiger partial charge in [-0.2, -0.15) is 8.42 Å². The average Bonchev–Trinajstić information content (AvgIpc) is 3.81. The molecule has 2 heterocycles. The monoisotopic (exact) mass is 790 g/mol. The van der Waals surface area contributed by atoms with Gasteiger partial charge in [0.25, 0.3) is 10.1 Å². The van der Waals surface area contributed by atoms with Crippen LogP contribution in [0, 0.1) is 36.0 Å². The zero-order valence-corrected chi connectivity index (χ0v) is 34.7. The first-order valence-corrected chi connectivity index (χ1v) is 22.2. The molecule has 5 aliphatic rings. The van der Waals surface area contributed by atoms with Crippen molar-refractivity contribution in [3.63, 3.8) is 0 Å². The number of aldehydes is 1. The summed E-state index contributed by atoms with van der Waals surface area (Å²) in [6.07, 6.45) is 14.6. The van der Waals surface area contributed by atoms with Crippen molar-refractivity contribution in [1.29, 1.82) is 0 Å². The van der Waals surface area contributed by atoms with E-state index in [1.54, 1.807) is 30.9 Å². The van der Waals surface area contributed by atoms with Gasteiger partial charge in [-0.3, -0.25) is 9.35 Å². The Morgan fingerprint density at radius 3 is 2.30 bits per heavy atom. The van der Waals surface area contributed by atoms with E-state index in [1.165, 1.54) is 62.6 Å². The Bertz CT molecular complexity index is 1850. The smallest absolute Gasteiger partial charge is 0.294 e. The highest BCUT2D eigenvalue weighted by Crippen LogP contribution is 2.64. The van der Waals surface area contributed by atoms with Crippen molar-refractivity contribution < 1.29 is 41.4 Å². The molecule has 2 saturated carbocycles. The molecule has 8 atom stereocenters. The molecule has 3 aromatic carbocycles. The molecule has 0 amide bonds. The van der Waals surface area contributed by atoms with Gasteiger partial charge in [0, 0.05) is 19.1 Å². The summed E-state index contributed by atoms with van der Waals surface area (Å²) in [5.74, 6) is 5.91. The first-order chi connectivity index (χ1) is 26.9. The van der Waals surface area contributed by atoms with Gasteiger partial charge in [0.05, 0.1) is 36.9 Å². The Balaban J connectivity index is 0.000000257. The number of carbonyl (C=O) groups is 1. The van der Waals surface area contributed by atoms with Crippen LogP contribution in [0.3, 0.4) is 0 Å². The molecular formula is C46H62O9S. The molecule has 56 heavy (non-hydrogen) atoms. The Morgan fingerprint density at radius 2 is 1.66 bits per heavy atom. The average molecular weight is 791 g/mol. The molecule has 0 radical (unpaired) electrons. The minimum Gasteiger partial charge on any atom is -0.496 e. The van der Waals surface area contributed by atoms with Gasteiger partial charge in [0.1, 0.15) is 17.2 Å². The number of carbonyl (C=O) groups excluding carboxylic acids is 1. The summed E-state index contributed by atoms with van der Waals surface area (Å²) in [5, 5.41) is 0. The minimum atomic E-state index is -4.02. The van der Waals surface area contributed by atoms with Crippen molar-refractivity contribution in [2.45, 2.75) is 122 Å². The number of ether oxygens (including phenoxy) is 5. The molecule has 0 bridgehead atoms. The van der Waals surface area contributed by atoms with Gasteiger partial charge in [0.2, 0.25) is 0 Å². The summed E-state index contributed by atoms with van der Waals surface area (Å²) in [6, 6.07) is 18.4. The second kappa shape index (κ2) is 18.9. The number of fused-ring (bicyclic) bond motifs is 5. The van der Waals surface area contributed by atoms with Crippen LogP contribution in [0.5, 0.6) is 17.2 Å². The fourth-order valence-electron chi connectivity index (χ4n) is 10.2. The molecule has 4 fully saturated rings. The summed E-state index contributed by atoms with van der Waals surface area (Å²) in [7, 11) is -2.43. The largest absolute Gasteiger partial charge is 0.496 e. The van der Waals surface area contributed by atoms with Gasteiger partial charge in [-0.15, -0.1) is 0 Å². The molecule has 0 aromatic heterocycles. The van der Waals surface area contributed by atoms with Crippen molar-refractivity contribution in [1.82, 2.24) is 0 Å². The lowest BCUT2D eigenvalue weighted by atomic mass is 9.51. The van der Waals surface area contributed by atoms with Crippen molar-refractivity contribution >= 4 is 16.4 Å². The van der Waals surface area contributed by atoms with E-state index in [1.807, 2.05) is 19.1 Å². The van der Waals surface area contributed by atoms with Crippen molar-refractivity contribution in [3.05, 3.63) is 82.9 Å². The number of aryl methyl sites for hydroxylation is 1. The highest BCUT2D eigenvalue weighted by atomic mass is 32.2. The molecule has 3 aromatic rings. The van der Waals surface area contributed by atoms with Crippen LogP contribution in [-0.2, 0) is 26.0 Å². The van der Waals surface area contributed by atoms with Crippen molar-refractivity contribution in [2.24, 2.45) is 29.1 Å². The summed E-state index contributed by atoms with van der Waals surface area (Å²) >= 11 is 0. The lowest BCUT2D eigenvalue weighted by Crippen LogP contribution is -2.45. The molecule has 306 valence electrons. The second-order valence-corrected chi connectivity index (χ2v) is 18.3. The van der Waals surface area contributed by atoms with Gasteiger partial charge in [-0.05, 0) is 161 Å². The molecule has 10 heteroatoms. The Morgan fingerprint density at radius 1 is 0.893 bits per heavy atom. The highest BCUT2D eigenvalue weighted by molar-refractivity contribution is 7.85. The topological polar surface area (TPSA) is 118 Å². The Kier molecular flexibility index (Phi) is 14.2. The molecule has 3 aliphatic carbocycles. The standard InChI is InChI=1S/C34H44O5.C7H8O3S.C5H10O/c1-22-18-24-19-27(39-32-6-4-5-16-38-32)10-11-28(24)29-13-15-34(2)25(8-12-30(34)33(22)29)14-17-37-26-9-7-23(21-35)31(20-26)36-3;1-6-2-4-7(5-3-6)11(8,9)10;1-5-3-2-4-6-5/h7,9-11,19-22,25,29-30,32-33H,4-6,8,12-18H2,1-3H3;2-5H,1H3,(H,8,9,10);5H,2-4H2,1H3/t22-,25-,29?,30?,32?,33?,34?;;/m1../s1. The van der Waals surface area contributed by atoms with E-state index in [-0.39, 0.29) is 11.2 Å². The zero-order valence-electron chi connectivity index (χ0n) is 33.9. The fraction of sp³-hybridized carbons (Fsp3) is 0.587. The normalized spacial score (nSPS) is 29.2. The maximum Gasteiger partial charge on any atom is 0.294 e. The van der Waals surface area contributed by atoms with E-state index in [4.69, 9.17) is 28.2 Å². The summed E-state index contributed by atoms with van der Waals surface area (Å²) in [5.41, 5.74) is 4.98. The van der Waals surface area contributed by atoms with Gasteiger partial charge >= 0.3 is 0 Å². The van der Waals surface area contributed by atoms with Gasteiger partial charge in [-0.25, -0.2) is 0 Å². The minimum absolute atomic E-state index is 0.0666. The van der Waals surface area contributed by atoms with E-state index < -0.39 is 10.1 Å². The number of benzene rings is 3. The summed E-state index contributed by atoms with van der Waals surface area (Å²) in [6.45, 7) is 11.5. The van der Waals surface area contributed by atoms with Crippen LogP contribution in [0.2, 0.25) is 0 Å². The molecule has 2 saturated heterocycles. The lowest BCUT2D eigenvalue weighted by molar-refractivity contribution is -0.105. The summed E-state index contributed by atoms with van der Waals surface area (Å²) < 4.78 is 58.3. The van der Waals surface area contributed by atoms with Gasteiger partial charge < -0.3 is 23.7 Å². The maximum atomic E-state index is 11.2. The third kappa shape index (κ3) is 10.2. The third-order valence-electron chi connectivity index (χ3n) is 13.2. The SMILES string of the molecule is CC1CCCO1.COc1cc(OCC[C@H]2CCC3C4C(CCC32C)c2ccc(OC3CCCCO3)cc2C[C@H]4C)ccc1C=O.Cc1ccc(S(=O)(=O)O)cc1. The lowest BCUT2D eigenvalue weighted by Gasteiger charge is -2.53. The predicted molar refractivity (Wildman–Crippen MR) is 217 cm³/mol. The zero-order chi connectivity index (χ0) is 39.9. The molecule has 8 rings (SSSR count). The number of rotatable bonds is 9. The second-order valence-electron chi connectivity index (χ2n) is 16.8. The molecule has 0 spiro atoms. The van der Waals surface area contributed by atoms with E-state index >= 15 is 0 Å². The number of hydrogen-bond donors (Lipinski definition) is 1. The maximum absolute atomic E-state index is 11.2. The van der Waals surface area contributed by atoms with Gasteiger partial charge in [-0.1, -0.05) is 37.6 Å². The van der Waals surface area contributed by atoms with Crippen LogP contribution < -0.4 is 14.2 Å². The molecule has 1 N–H and O–H groups in total. The van der Waals surface area contributed by atoms with Crippen LogP contribution in [0.1, 0.15) is 118 Å². The molecule has 2 aliphatic heterocycles. The van der Waals surface area contributed by atoms with E-state index in [2.05, 4.69) is 39.0 Å². The van der Waals surface area contributed by atoms with Gasteiger partial charge in [0.15, 0.2) is 12.6 Å². The van der Waals surface area contributed by atoms with Crippen LogP contribution in [-0.4, -0.2) is 58.6 Å². The quantitative estimate of drug-likeness (QED) is 0.167. The van der Waals surface area contributed by atoms with Crippen molar-refractivity contribution in [3.8, 4) is 17.2 Å². The fourth-order valence-corrected chi connectivity index (χ4v) is 10.7. The first-order valence-electron chi connectivity index (χ1n) is 20.7. The number of hydrogen-bond acceptors (Lipinski definition) is 8. The molecule has 6 unspecified atom stereocenters. The van der Waals surface area contributed by atoms with E-state index in [0.717, 1.165) is 74.1 Å². The first kappa shape index (κ1) is 42.2. The van der Waals surface area contributed by atoms with Crippen LogP contribution in [0.15, 0.2) is 65.6 Å². The highest BCUT2D eigenvalue weighted by Gasteiger charge is 2.56. The van der Waals surface area contributed by atoms with Crippen LogP contribution in [0.25, 0.3) is 0 Å². The van der Waals surface area contributed by atoms with Crippen molar-refractivity contribution in [2.75, 3.05) is 26.9 Å². The van der Waals surface area contributed by atoms with Crippen LogP contribution in [0.4, 0.5) is 0 Å². The van der Waals surface area contributed by atoms with E-state index in [9.17, 15) is 13.2 Å². The Hall–Kier alpha value is -3.44. The number of methoxy groups -OCH3 is 1. The Labute approximate surface area is 334 Å². The van der Waals surface area contributed by atoms with Crippen LogP contribution >= 0.6 is 0 Å². The predicted octanol–water partition coefficient (Wildman–Crippen LogP) is 10.0. The van der Waals surface area contributed by atoms with E-state index in [0.29, 0.717) is 47.2 Å². The molecular weight excluding hydrogens is 729 g/mol. The summed E-state index contributed by atoms with van der Waals surface area (Å²) in [4.78, 5) is 11.1. The third-order valence-corrected chi connectivity index (χ3v) is 14.1.